The first-order valence-electron chi connectivity index (χ1n) is 8.05. The highest BCUT2D eigenvalue weighted by molar-refractivity contribution is 5.27. The summed E-state index contributed by atoms with van der Waals surface area (Å²) in [5.41, 5.74) is 1.23. The molecule has 1 fully saturated rings. The molecule has 0 radical (unpaired) electrons. The van der Waals surface area contributed by atoms with Crippen molar-refractivity contribution in [1.29, 1.82) is 0 Å². The van der Waals surface area contributed by atoms with Crippen LogP contribution in [0.1, 0.15) is 45.1 Å². The van der Waals surface area contributed by atoms with E-state index in [4.69, 9.17) is 0 Å². The van der Waals surface area contributed by atoms with E-state index >= 15 is 0 Å². The molecule has 1 unspecified atom stereocenters. The summed E-state index contributed by atoms with van der Waals surface area (Å²) in [5, 5.41) is 13.1. The lowest BCUT2D eigenvalue weighted by Crippen LogP contribution is -2.38. The molecule has 1 aliphatic rings. The predicted molar refractivity (Wildman–Crippen MR) is 84.9 cm³/mol. The molecule has 1 aromatic rings. The molecule has 1 saturated carbocycles. The van der Waals surface area contributed by atoms with Crippen LogP contribution in [0.3, 0.4) is 0 Å². The van der Waals surface area contributed by atoms with Crippen LogP contribution in [0.2, 0.25) is 0 Å². The molecule has 2 nitrogen and oxygen atoms in total. The number of phenolic OH excluding ortho intramolecular Hbond substituents is 1. The van der Waals surface area contributed by atoms with Gasteiger partial charge in [0.05, 0.1) is 0 Å². The van der Waals surface area contributed by atoms with Crippen molar-refractivity contribution in [2.75, 3.05) is 7.05 Å². The molecule has 0 bridgehead atoms. The molecule has 0 aromatic heterocycles. The number of likely N-dealkylation sites (N-methyl/N-ethyl adjacent to an activating group) is 1. The third-order valence-electron chi connectivity index (χ3n) is 5.07. The predicted octanol–water partition coefficient (Wildman–Crippen LogP) is 3.99. The molecule has 0 heterocycles. The lowest BCUT2D eigenvalue weighted by atomic mass is 9.73. The van der Waals surface area contributed by atoms with Gasteiger partial charge >= 0.3 is 0 Å². The van der Waals surface area contributed by atoms with Gasteiger partial charge < -0.3 is 10.4 Å². The monoisotopic (exact) mass is 275 g/mol. The Morgan fingerprint density at radius 3 is 2.35 bits per heavy atom. The highest BCUT2D eigenvalue weighted by Crippen LogP contribution is 2.35. The van der Waals surface area contributed by atoms with E-state index in [1.54, 1.807) is 6.07 Å². The molecule has 1 aliphatic carbocycles. The zero-order chi connectivity index (χ0) is 14.5. The SMILES string of the molecule is CNC(Cc1cccc(O)c1)C1CCC(C(C)C)CC1. The highest BCUT2D eigenvalue weighted by Gasteiger charge is 2.28. The third kappa shape index (κ3) is 3.99. The van der Waals surface area contributed by atoms with Crippen molar-refractivity contribution in [3.63, 3.8) is 0 Å². The Hall–Kier alpha value is -1.02. The Balaban J connectivity index is 1.92. The minimum Gasteiger partial charge on any atom is -0.508 e. The van der Waals surface area contributed by atoms with Gasteiger partial charge in [-0.1, -0.05) is 26.0 Å². The quantitative estimate of drug-likeness (QED) is 0.851. The molecule has 0 saturated heterocycles. The van der Waals surface area contributed by atoms with Crippen LogP contribution in [-0.4, -0.2) is 18.2 Å². The Morgan fingerprint density at radius 2 is 1.80 bits per heavy atom. The van der Waals surface area contributed by atoms with Gasteiger partial charge in [-0.15, -0.1) is 0 Å². The number of hydrogen-bond donors (Lipinski definition) is 2. The van der Waals surface area contributed by atoms with Gasteiger partial charge in [0.15, 0.2) is 0 Å². The van der Waals surface area contributed by atoms with Crippen LogP contribution in [0.4, 0.5) is 0 Å². The van der Waals surface area contributed by atoms with Crippen molar-refractivity contribution >= 4 is 0 Å². The molecule has 2 rings (SSSR count). The van der Waals surface area contributed by atoms with Crippen LogP contribution < -0.4 is 5.32 Å². The molecule has 1 atom stereocenters. The molecule has 2 N–H and O–H groups in total. The van der Waals surface area contributed by atoms with Crippen LogP contribution >= 0.6 is 0 Å². The topological polar surface area (TPSA) is 32.3 Å². The lowest BCUT2D eigenvalue weighted by molar-refractivity contribution is 0.191. The Bertz CT molecular complexity index is 408. The zero-order valence-corrected chi connectivity index (χ0v) is 13.1. The van der Waals surface area contributed by atoms with E-state index in [-0.39, 0.29) is 0 Å². The molecular weight excluding hydrogens is 246 g/mol. The van der Waals surface area contributed by atoms with Gasteiger partial charge in [0.2, 0.25) is 0 Å². The zero-order valence-electron chi connectivity index (χ0n) is 13.1. The first-order valence-corrected chi connectivity index (χ1v) is 8.05. The number of aromatic hydroxyl groups is 1. The summed E-state index contributed by atoms with van der Waals surface area (Å²) in [7, 11) is 2.07. The van der Waals surface area contributed by atoms with E-state index in [1.165, 1.54) is 31.2 Å². The second-order valence-corrected chi connectivity index (χ2v) is 6.69. The Kier molecular flexibility index (Phi) is 5.47. The van der Waals surface area contributed by atoms with Crippen molar-refractivity contribution in [2.24, 2.45) is 17.8 Å². The van der Waals surface area contributed by atoms with Crippen molar-refractivity contribution in [3.05, 3.63) is 29.8 Å². The van der Waals surface area contributed by atoms with Crippen LogP contribution in [0, 0.1) is 17.8 Å². The number of hydrogen-bond acceptors (Lipinski definition) is 2. The van der Waals surface area contributed by atoms with E-state index < -0.39 is 0 Å². The van der Waals surface area contributed by atoms with Gasteiger partial charge in [-0.05, 0) is 74.6 Å². The van der Waals surface area contributed by atoms with E-state index in [9.17, 15) is 5.11 Å². The molecule has 2 heteroatoms. The average molecular weight is 275 g/mol. The first-order chi connectivity index (χ1) is 9.60. The van der Waals surface area contributed by atoms with Crippen molar-refractivity contribution in [2.45, 2.75) is 52.0 Å². The van der Waals surface area contributed by atoms with E-state index in [0.29, 0.717) is 11.8 Å². The minimum absolute atomic E-state index is 0.376. The third-order valence-corrected chi connectivity index (χ3v) is 5.07. The fourth-order valence-corrected chi connectivity index (χ4v) is 3.66. The van der Waals surface area contributed by atoms with Gasteiger partial charge in [-0.3, -0.25) is 0 Å². The second kappa shape index (κ2) is 7.12. The highest BCUT2D eigenvalue weighted by atomic mass is 16.3. The van der Waals surface area contributed by atoms with Gasteiger partial charge in [-0.25, -0.2) is 0 Å². The maximum atomic E-state index is 9.58. The van der Waals surface area contributed by atoms with Crippen molar-refractivity contribution < 1.29 is 5.11 Å². The summed E-state index contributed by atoms with van der Waals surface area (Å²) in [6.45, 7) is 4.71. The van der Waals surface area contributed by atoms with Gasteiger partial charge in [0.25, 0.3) is 0 Å². The van der Waals surface area contributed by atoms with Gasteiger partial charge in [0.1, 0.15) is 5.75 Å². The van der Waals surface area contributed by atoms with E-state index in [1.807, 2.05) is 12.1 Å². The standard InChI is InChI=1S/C18H29NO/c1-13(2)15-7-9-16(10-8-15)18(19-3)12-14-5-4-6-17(20)11-14/h4-6,11,13,15-16,18-20H,7-10,12H2,1-3H3. The summed E-state index contributed by atoms with van der Waals surface area (Å²) >= 11 is 0. The fraction of sp³-hybridized carbons (Fsp3) is 0.667. The van der Waals surface area contributed by atoms with E-state index in [0.717, 1.165) is 24.2 Å². The summed E-state index contributed by atoms with van der Waals surface area (Å²) in [6.07, 6.45) is 6.45. The summed E-state index contributed by atoms with van der Waals surface area (Å²) in [5.74, 6) is 2.90. The maximum absolute atomic E-state index is 9.58. The summed E-state index contributed by atoms with van der Waals surface area (Å²) < 4.78 is 0. The second-order valence-electron chi connectivity index (χ2n) is 6.69. The van der Waals surface area contributed by atoms with Crippen LogP contribution in [0.15, 0.2) is 24.3 Å². The van der Waals surface area contributed by atoms with Crippen molar-refractivity contribution in [1.82, 2.24) is 5.32 Å². The van der Waals surface area contributed by atoms with E-state index in [2.05, 4.69) is 32.3 Å². The molecule has 1 aromatic carbocycles. The van der Waals surface area contributed by atoms with Crippen molar-refractivity contribution in [3.8, 4) is 5.75 Å². The fourth-order valence-electron chi connectivity index (χ4n) is 3.66. The lowest BCUT2D eigenvalue weighted by Gasteiger charge is -2.35. The normalized spacial score (nSPS) is 24.8. The Morgan fingerprint density at radius 1 is 1.15 bits per heavy atom. The van der Waals surface area contributed by atoms with Crippen LogP contribution in [0.5, 0.6) is 5.75 Å². The summed E-state index contributed by atoms with van der Waals surface area (Å²) in [4.78, 5) is 0. The number of rotatable bonds is 5. The molecular formula is C18H29NO. The van der Waals surface area contributed by atoms with Crippen LogP contribution in [0.25, 0.3) is 0 Å². The largest absolute Gasteiger partial charge is 0.508 e. The van der Waals surface area contributed by atoms with Gasteiger partial charge in [-0.2, -0.15) is 0 Å². The molecule has 0 amide bonds. The van der Waals surface area contributed by atoms with Crippen LogP contribution in [-0.2, 0) is 6.42 Å². The number of nitrogens with one attached hydrogen (secondary N) is 1. The minimum atomic E-state index is 0.376. The number of benzene rings is 1. The molecule has 112 valence electrons. The molecule has 0 aliphatic heterocycles. The smallest absolute Gasteiger partial charge is 0.115 e. The maximum Gasteiger partial charge on any atom is 0.115 e. The van der Waals surface area contributed by atoms with Gasteiger partial charge in [0, 0.05) is 6.04 Å². The average Bonchev–Trinajstić information content (AvgIpc) is 2.45. The first kappa shape index (κ1) is 15.4. The number of phenols is 1. The molecule has 0 spiro atoms. The summed E-state index contributed by atoms with van der Waals surface area (Å²) in [6, 6.07) is 8.22. The molecule has 20 heavy (non-hydrogen) atoms. The Labute approximate surface area is 123 Å².